The number of hydrogen-bond donors (Lipinski definition) is 1. The summed E-state index contributed by atoms with van der Waals surface area (Å²) in [5.41, 5.74) is 0.411. The molecule has 8 heteroatoms. The van der Waals surface area contributed by atoms with E-state index < -0.39 is 0 Å². The fourth-order valence-electron chi connectivity index (χ4n) is 3.39. The Bertz CT molecular complexity index is 752. The van der Waals surface area contributed by atoms with Crippen LogP contribution >= 0.6 is 23.2 Å². The first-order valence-electron chi connectivity index (χ1n) is 9.22. The first-order valence-corrected chi connectivity index (χ1v) is 9.97. The fourth-order valence-corrected chi connectivity index (χ4v) is 3.72. The van der Waals surface area contributed by atoms with E-state index in [1.807, 2.05) is 11.8 Å². The van der Waals surface area contributed by atoms with Crippen LogP contribution in [0.5, 0.6) is 0 Å². The molecule has 1 aromatic rings. The SMILES string of the molecule is CCCN(CC(=O)Nc1cc(Cl)ccc1Cl)C(=O)[C@H]1CC(=O)N(C2CC2)C1. The highest BCUT2D eigenvalue weighted by atomic mass is 35.5. The number of hydrogen-bond acceptors (Lipinski definition) is 3. The van der Waals surface area contributed by atoms with Gasteiger partial charge in [0.2, 0.25) is 17.7 Å². The largest absolute Gasteiger partial charge is 0.339 e. The maximum Gasteiger partial charge on any atom is 0.244 e. The van der Waals surface area contributed by atoms with Gasteiger partial charge in [-0.15, -0.1) is 0 Å². The molecule has 1 aliphatic carbocycles. The summed E-state index contributed by atoms with van der Waals surface area (Å²) < 4.78 is 0. The molecular weight excluding hydrogens is 389 g/mol. The Morgan fingerprint density at radius 3 is 2.70 bits per heavy atom. The highest BCUT2D eigenvalue weighted by Crippen LogP contribution is 2.33. The maximum absolute atomic E-state index is 12.9. The molecule has 2 aliphatic rings. The molecule has 2 fully saturated rings. The van der Waals surface area contributed by atoms with E-state index in [0.717, 1.165) is 19.3 Å². The van der Waals surface area contributed by atoms with E-state index in [0.29, 0.717) is 34.9 Å². The fraction of sp³-hybridized carbons (Fsp3) is 0.526. The van der Waals surface area contributed by atoms with Crippen LogP contribution in [0.25, 0.3) is 0 Å². The van der Waals surface area contributed by atoms with E-state index in [9.17, 15) is 14.4 Å². The summed E-state index contributed by atoms with van der Waals surface area (Å²) in [6.45, 7) is 2.79. The van der Waals surface area contributed by atoms with E-state index >= 15 is 0 Å². The lowest BCUT2D eigenvalue weighted by Crippen LogP contribution is -2.42. The zero-order chi connectivity index (χ0) is 19.6. The second-order valence-electron chi connectivity index (χ2n) is 7.11. The molecule has 1 heterocycles. The Morgan fingerprint density at radius 2 is 2.04 bits per heavy atom. The third-order valence-corrected chi connectivity index (χ3v) is 5.40. The van der Waals surface area contributed by atoms with Gasteiger partial charge >= 0.3 is 0 Å². The molecule has 0 bridgehead atoms. The Morgan fingerprint density at radius 1 is 1.30 bits per heavy atom. The minimum absolute atomic E-state index is 0.0439. The second kappa shape index (κ2) is 8.48. The van der Waals surface area contributed by atoms with Crippen molar-refractivity contribution in [3.05, 3.63) is 28.2 Å². The first-order chi connectivity index (χ1) is 12.9. The predicted molar refractivity (Wildman–Crippen MR) is 105 cm³/mol. The van der Waals surface area contributed by atoms with Gasteiger partial charge < -0.3 is 15.1 Å². The van der Waals surface area contributed by atoms with E-state index in [4.69, 9.17) is 23.2 Å². The van der Waals surface area contributed by atoms with Crippen molar-refractivity contribution >= 4 is 46.6 Å². The minimum Gasteiger partial charge on any atom is -0.339 e. The van der Waals surface area contributed by atoms with Crippen LogP contribution in [0.1, 0.15) is 32.6 Å². The molecule has 1 atom stereocenters. The molecule has 1 saturated carbocycles. The van der Waals surface area contributed by atoms with Crippen molar-refractivity contribution in [2.75, 3.05) is 25.0 Å². The predicted octanol–water partition coefficient (Wildman–Crippen LogP) is 3.18. The van der Waals surface area contributed by atoms with Gasteiger partial charge in [0.25, 0.3) is 0 Å². The van der Waals surface area contributed by atoms with Crippen molar-refractivity contribution in [2.45, 2.75) is 38.6 Å². The number of amides is 3. The van der Waals surface area contributed by atoms with Crippen molar-refractivity contribution in [1.82, 2.24) is 9.80 Å². The minimum atomic E-state index is -0.368. The van der Waals surface area contributed by atoms with E-state index in [2.05, 4.69) is 5.32 Å². The lowest BCUT2D eigenvalue weighted by atomic mass is 10.1. The van der Waals surface area contributed by atoms with Gasteiger partial charge in [-0.1, -0.05) is 30.1 Å². The summed E-state index contributed by atoms with van der Waals surface area (Å²) in [6.07, 6.45) is 3.00. The number of halogens is 2. The normalized spacial score (nSPS) is 19.3. The number of likely N-dealkylation sites (tertiary alicyclic amines) is 1. The van der Waals surface area contributed by atoms with E-state index in [-0.39, 0.29) is 36.6 Å². The van der Waals surface area contributed by atoms with E-state index in [1.54, 1.807) is 18.2 Å². The molecule has 3 amide bonds. The van der Waals surface area contributed by atoms with Crippen molar-refractivity contribution < 1.29 is 14.4 Å². The van der Waals surface area contributed by atoms with Gasteiger partial charge in [-0.3, -0.25) is 14.4 Å². The smallest absolute Gasteiger partial charge is 0.244 e. The number of nitrogens with zero attached hydrogens (tertiary/aromatic N) is 2. The second-order valence-corrected chi connectivity index (χ2v) is 7.95. The van der Waals surface area contributed by atoms with Gasteiger partial charge in [0.15, 0.2) is 0 Å². The summed E-state index contributed by atoms with van der Waals surface area (Å²) in [6, 6.07) is 5.11. The highest BCUT2D eigenvalue weighted by Gasteiger charge is 2.42. The lowest BCUT2D eigenvalue weighted by molar-refractivity contribution is -0.138. The van der Waals surface area contributed by atoms with Gasteiger partial charge in [0.05, 0.1) is 23.2 Å². The zero-order valence-electron chi connectivity index (χ0n) is 15.2. The van der Waals surface area contributed by atoms with Crippen LogP contribution in [-0.2, 0) is 14.4 Å². The molecule has 6 nitrogen and oxygen atoms in total. The van der Waals surface area contributed by atoms with Crippen LogP contribution in [0, 0.1) is 5.92 Å². The molecule has 0 unspecified atom stereocenters. The molecule has 1 aliphatic heterocycles. The summed E-state index contributed by atoms with van der Waals surface area (Å²) in [5.74, 6) is -0.806. The Hall–Kier alpha value is -1.79. The summed E-state index contributed by atoms with van der Waals surface area (Å²) >= 11 is 12.0. The lowest BCUT2D eigenvalue weighted by Gasteiger charge is -2.25. The number of benzene rings is 1. The van der Waals surface area contributed by atoms with Gasteiger partial charge in [-0.25, -0.2) is 0 Å². The first kappa shape index (κ1) is 20.0. The number of carbonyl (C=O) groups is 3. The molecule has 3 rings (SSSR count). The number of carbonyl (C=O) groups excluding carboxylic acids is 3. The van der Waals surface area contributed by atoms with Crippen LogP contribution in [0.2, 0.25) is 10.0 Å². The summed E-state index contributed by atoms with van der Waals surface area (Å²) in [7, 11) is 0. The van der Waals surface area contributed by atoms with Crippen molar-refractivity contribution in [2.24, 2.45) is 5.92 Å². The van der Waals surface area contributed by atoms with Gasteiger partial charge in [-0.05, 0) is 37.5 Å². The monoisotopic (exact) mass is 411 g/mol. The number of anilines is 1. The standard InChI is InChI=1S/C19H23Cl2N3O3/c1-2-7-23(11-17(25)22-16-9-13(20)3-6-15(16)21)19(27)12-8-18(26)24(10-12)14-4-5-14/h3,6,9,12,14H,2,4-5,7-8,10-11H2,1H3,(H,22,25)/t12-/m0/s1. The van der Waals surface area contributed by atoms with Crippen molar-refractivity contribution in [3.8, 4) is 0 Å². The quantitative estimate of drug-likeness (QED) is 0.748. The molecule has 27 heavy (non-hydrogen) atoms. The molecule has 146 valence electrons. The maximum atomic E-state index is 12.9. The zero-order valence-corrected chi connectivity index (χ0v) is 16.7. The van der Waals surface area contributed by atoms with Crippen LogP contribution < -0.4 is 5.32 Å². The Balaban J connectivity index is 1.62. The Labute approximate surface area is 168 Å². The Kier molecular flexibility index (Phi) is 6.27. The molecule has 0 spiro atoms. The van der Waals surface area contributed by atoms with Crippen molar-refractivity contribution in [3.63, 3.8) is 0 Å². The average Bonchev–Trinajstić information content (AvgIpc) is 3.39. The molecule has 1 saturated heterocycles. The molecular formula is C19H23Cl2N3O3. The van der Waals surface area contributed by atoms with Crippen molar-refractivity contribution in [1.29, 1.82) is 0 Å². The summed E-state index contributed by atoms with van der Waals surface area (Å²) in [4.78, 5) is 40.8. The van der Waals surface area contributed by atoms with Crippen LogP contribution in [0.15, 0.2) is 18.2 Å². The molecule has 0 radical (unpaired) electrons. The number of nitrogens with one attached hydrogen (secondary N) is 1. The third kappa shape index (κ3) is 4.93. The topological polar surface area (TPSA) is 69.7 Å². The van der Waals surface area contributed by atoms with E-state index in [1.165, 1.54) is 4.90 Å². The molecule has 1 N–H and O–H groups in total. The van der Waals surface area contributed by atoms with Gasteiger partial charge in [-0.2, -0.15) is 0 Å². The highest BCUT2D eigenvalue weighted by molar-refractivity contribution is 6.35. The molecule has 0 aromatic heterocycles. The van der Waals surface area contributed by atoms with Crippen LogP contribution in [0.3, 0.4) is 0 Å². The van der Waals surface area contributed by atoms with Crippen LogP contribution in [-0.4, -0.2) is 53.2 Å². The van der Waals surface area contributed by atoms with Gasteiger partial charge in [0, 0.05) is 30.6 Å². The van der Waals surface area contributed by atoms with Crippen LogP contribution in [0.4, 0.5) is 5.69 Å². The third-order valence-electron chi connectivity index (χ3n) is 4.84. The van der Waals surface area contributed by atoms with Gasteiger partial charge in [0.1, 0.15) is 0 Å². The summed E-state index contributed by atoms with van der Waals surface area (Å²) in [5, 5.41) is 3.54. The average molecular weight is 412 g/mol. The molecule has 1 aromatic carbocycles. The number of rotatable bonds is 7.